The lowest BCUT2D eigenvalue weighted by Crippen LogP contribution is -2.36. The molecule has 4 heteroatoms. The maximum Gasteiger partial charge on any atom is 0.254 e. The second kappa shape index (κ2) is 6.85. The number of nitrogens with zero attached hydrogens (tertiary/aromatic N) is 1. The molecule has 21 heavy (non-hydrogen) atoms. The van der Waals surface area contributed by atoms with Crippen LogP contribution in [0.15, 0.2) is 53.0 Å². The third-order valence-corrected chi connectivity index (χ3v) is 3.85. The number of benzene rings is 2. The van der Waals surface area contributed by atoms with E-state index in [1.807, 2.05) is 44.2 Å². The zero-order chi connectivity index (χ0) is 15.4. The molecule has 0 aliphatic carbocycles. The topological polar surface area (TPSA) is 20.3 Å². The Bertz CT molecular complexity index is 628. The van der Waals surface area contributed by atoms with Crippen molar-refractivity contribution in [3.05, 3.63) is 69.9 Å². The standard InChI is InChI=1S/C17H17BrFNO/c1-12(2)20(11-13-6-4-3-5-7-13)17(21)14-8-9-16(19)15(18)10-14/h3-10,12H,11H2,1-2H3. The highest BCUT2D eigenvalue weighted by atomic mass is 79.9. The van der Waals surface area contributed by atoms with Crippen molar-refractivity contribution in [3.63, 3.8) is 0 Å². The molecule has 0 bridgehead atoms. The van der Waals surface area contributed by atoms with Crippen LogP contribution in [0.3, 0.4) is 0 Å². The van der Waals surface area contributed by atoms with Gasteiger partial charge in [0.05, 0.1) is 4.47 Å². The van der Waals surface area contributed by atoms with Crippen molar-refractivity contribution in [2.75, 3.05) is 0 Å². The van der Waals surface area contributed by atoms with Crippen LogP contribution in [-0.2, 0) is 6.54 Å². The van der Waals surface area contributed by atoms with E-state index in [0.29, 0.717) is 16.6 Å². The summed E-state index contributed by atoms with van der Waals surface area (Å²) in [5, 5.41) is 0. The Morgan fingerprint density at radius 1 is 1.19 bits per heavy atom. The molecule has 0 saturated carbocycles. The molecular weight excluding hydrogens is 333 g/mol. The molecule has 0 heterocycles. The van der Waals surface area contributed by atoms with Gasteiger partial charge in [0.15, 0.2) is 0 Å². The first-order chi connectivity index (χ1) is 9.99. The Kier molecular flexibility index (Phi) is 5.12. The lowest BCUT2D eigenvalue weighted by molar-refractivity contribution is 0.0690. The Morgan fingerprint density at radius 3 is 2.43 bits per heavy atom. The fraction of sp³-hybridized carbons (Fsp3) is 0.235. The number of carbonyl (C=O) groups excluding carboxylic acids is 1. The van der Waals surface area contributed by atoms with E-state index in [1.165, 1.54) is 18.2 Å². The number of carbonyl (C=O) groups is 1. The molecule has 0 saturated heterocycles. The fourth-order valence-corrected chi connectivity index (χ4v) is 2.44. The first-order valence-electron chi connectivity index (χ1n) is 6.79. The van der Waals surface area contributed by atoms with Crippen LogP contribution in [0.2, 0.25) is 0 Å². The molecule has 0 radical (unpaired) electrons. The second-order valence-corrected chi connectivity index (χ2v) is 6.00. The van der Waals surface area contributed by atoms with Crippen LogP contribution in [0.4, 0.5) is 4.39 Å². The first kappa shape index (κ1) is 15.7. The molecule has 0 unspecified atom stereocenters. The van der Waals surface area contributed by atoms with Gasteiger partial charge in [-0.05, 0) is 53.5 Å². The minimum Gasteiger partial charge on any atom is -0.332 e. The van der Waals surface area contributed by atoms with Gasteiger partial charge in [-0.15, -0.1) is 0 Å². The smallest absolute Gasteiger partial charge is 0.254 e. The Hall–Kier alpha value is -1.68. The quantitative estimate of drug-likeness (QED) is 0.787. The maximum atomic E-state index is 13.3. The van der Waals surface area contributed by atoms with Gasteiger partial charge in [0.1, 0.15) is 5.82 Å². The van der Waals surface area contributed by atoms with Crippen LogP contribution in [0.5, 0.6) is 0 Å². The van der Waals surface area contributed by atoms with Gasteiger partial charge >= 0.3 is 0 Å². The summed E-state index contributed by atoms with van der Waals surface area (Å²) in [7, 11) is 0. The first-order valence-corrected chi connectivity index (χ1v) is 7.58. The molecular formula is C17H17BrFNO. The normalized spacial score (nSPS) is 10.7. The zero-order valence-corrected chi connectivity index (χ0v) is 13.6. The van der Waals surface area contributed by atoms with E-state index in [4.69, 9.17) is 0 Å². The maximum absolute atomic E-state index is 13.3. The number of amides is 1. The summed E-state index contributed by atoms with van der Waals surface area (Å²) in [5.41, 5.74) is 1.55. The molecule has 0 aliphatic heterocycles. The lowest BCUT2D eigenvalue weighted by Gasteiger charge is -2.27. The monoisotopic (exact) mass is 349 g/mol. The van der Waals surface area contributed by atoms with Gasteiger partial charge in [0.25, 0.3) is 5.91 Å². The molecule has 2 nitrogen and oxygen atoms in total. The lowest BCUT2D eigenvalue weighted by atomic mass is 10.1. The average Bonchev–Trinajstić information content (AvgIpc) is 2.47. The SMILES string of the molecule is CC(C)N(Cc1ccccc1)C(=O)c1ccc(F)c(Br)c1. The van der Waals surface area contributed by atoms with Crippen molar-refractivity contribution in [1.29, 1.82) is 0 Å². The highest BCUT2D eigenvalue weighted by Gasteiger charge is 2.19. The second-order valence-electron chi connectivity index (χ2n) is 5.14. The van der Waals surface area contributed by atoms with E-state index < -0.39 is 0 Å². The Labute approximate surface area is 132 Å². The van der Waals surface area contributed by atoms with Crippen molar-refractivity contribution in [2.24, 2.45) is 0 Å². The average molecular weight is 350 g/mol. The van der Waals surface area contributed by atoms with E-state index in [2.05, 4.69) is 15.9 Å². The van der Waals surface area contributed by atoms with Gasteiger partial charge in [0.2, 0.25) is 0 Å². The molecule has 0 fully saturated rings. The summed E-state index contributed by atoms with van der Waals surface area (Å²) in [6.07, 6.45) is 0. The Balaban J connectivity index is 2.25. The number of hydrogen-bond acceptors (Lipinski definition) is 1. The van der Waals surface area contributed by atoms with Crippen molar-refractivity contribution in [3.8, 4) is 0 Å². The highest BCUT2D eigenvalue weighted by Crippen LogP contribution is 2.20. The van der Waals surface area contributed by atoms with Gasteiger partial charge in [-0.1, -0.05) is 30.3 Å². The summed E-state index contributed by atoms with van der Waals surface area (Å²) >= 11 is 3.12. The summed E-state index contributed by atoms with van der Waals surface area (Å²) in [6, 6.07) is 14.2. The Morgan fingerprint density at radius 2 is 1.86 bits per heavy atom. The molecule has 2 aromatic rings. The van der Waals surface area contributed by atoms with E-state index in [1.54, 1.807) is 4.90 Å². The zero-order valence-electron chi connectivity index (χ0n) is 12.0. The minimum absolute atomic E-state index is 0.0570. The van der Waals surface area contributed by atoms with Gasteiger partial charge in [-0.2, -0.15) is 0 Å². The van der Waals surface area contributed by atoms with Crippen molar-refractivity contribution < 1.29 is 9.18 Å². The van der Waals surface area contributed by atoms with Crippen LogP contribution >= 0.6 is 15.9 Å². The van der Waals surface area contributed by atoms with E-state index in [0.717, 1.165) is 5.56 Å². The van der Waals surface area contributed by atoms with E-state index >= 15 is 0 Å². The van der Waals surface area contributed by atoms with E-state index in [-0.39, 0.29) is 17.8 Å². The molecule has 0 aliphatic rings. The largest absolute Gasteiger partial charge is 0.332 e. The van der Waals surface area contributed by atoms with Gasteiger partial charge < -0.3 is 4.90 Å². The van der Waals surface area contributed by atoms with Crippen LogP contribution in [0.1, 0.15) is 29.8 Å². The predicted octanol–water partition coefficient (Wildman–Crippen LogP) is 4.64. The molecule has 110 valence electrons. The van der Waals surface area contributed by atoms with E-state index in [9.17, 15) is 9.18 Å². The van der Waals surface area contributed by atoms with Crippen LogP contribution in [0.25, 0.3) is 0 Å². The van der Waals surface area contributed by atoms with Crippen molar-refractivity contribution >= 4 is 21.8 Å². The van der Waals surface area contributed by atoms with Crippen molar-refractivity contribution in [2.45, 2.75) is 26.4 Å². The van der Waals surface area contributed by atoms with Crippen LogP contribution in [0, 0.1) is 5.82 Å². The molecule has 1 amide bonds. The van der Waals surface area contributed by atoms with Gasteiger partial charge in [-0.3, -0.25) is 4.79 Å². The number of halogens is 2. The molecule has 0 atom stereocenters. The number of hydrogen-bond donors (Lipinski definition) is 0. The van der Waals surface area contributed by atoms with Crippen molar-refractivity contribution in [1.82, 2.24) is 4.90 Å². The molecule has 0 spiro atoms. The predicted molar refractivity (Wildman–Crippen MR) is 85.6 cm³/mol. The third kappa shape index (κ3) is 3.91. The molecule has 0 N–H and O–H groups in total. The summed E-state index contributed by atoms with van der Waals surface area (Å²) < 4.78 is 13.6. The molecule has 2 rings (SSSR count). The van der Waals surface area contributed by atoms with Crippen LogP contribution < -0.4 is 0 Å². The minimum atomic E-state index is -0.370. The van der Waals surface area contributed by atoms with Gasteiger partial charge in [0, 0.05) is 18.2 Å². The van der Waals surface area contributed by atoms with Gasteiger partial charge in [-0.25, -0.2) is 4.39 Å². The molecule has 0 aromatic heterocycles. The highest BCUT2D eigenvalue weighted by molar-refractivity contribution is 9.10. The fourth-order valence-electron chi connectivity index (χ4n) is 2.06. The summed E-state index contributed by atoms with van der Waals surface area (Å²) in [5.74, 6) is -0.472. The van der Waals surface area contributed by atoms with Crippen LogP contribution in [-0.4, -0.2) is 16.8 Å². The number of rotatable bonds is 4. The summed E-state index contributed by atoms with van der Waals surface area (Å²) in [4.78, 5) is 14.4. The molecule has 2 aromatic carbocycles. The summed E-state index contributed by atoms with van der Waals surface area (Å²) in [6.45, 7) is 4.48. The third-order valence-electron chi connectivity index (χ3n) is 3.25.